The van der Waals surface area contributed by atoms with E-state index in [2.05, 4.69) is 24.9 Å². The lowest BCUT2D eigenvalue weighted by atomic mass is 9.99. The largest absolute Gasteiger partial charge is 0.573 e. The molecule has 0 spiro atoms. The van der Waals surface area contributed by atoms with Gasteiger partial charge in [0.25, 0.3) is 6.29 Å². The Hall–Kier alpha value is -3.19. The van der Waals surface area contributed by atoms with Gasteiger partial charge in [-0.15, -0.1) is 13.2 Å². The molecule has 0 radical (unpaired) electrons. The standard InChI is InChI=1S/C15H12F6N2O6/c1-6-3-9(28-15(19,20)21)4-8-5-10(12(14(16,17)18)27-11(6)8)13(24)26-7(2)29-23-22-25/h3-5,7,12H,1-2H3,(H,23,25)/t7?,12-/m0/s1. The Kier molecular flexibility index (Phi) is 6.13. The van der Waals surface area contributed by atoms with Crippen molar-refractivity contribution >= 4 is 12.0 Å². The van der Waals surface area contributed by atoms with Gasteiger partial charge in [0.1, 0.15) is 11.5 Å². The molecule has 29 heavy (non-hydrogen) atoms. The third kappa shape index (κ3) is 5.65. The van der Waals surface area contributed by atoms with Crippen LogP contribution in [0, 0.1) is 6.92 Å². The van der Waals surface area contributed by atoms with Gasteiger partial charge in [0, 0.05) is 12.5 Å². The van der Waals surface area contributed by atoms with Crippen LogP contribution in [0.5, 0.6) is 11.5 Å². The van der Waals surface area contributed by atoms with E-state index in [4.69, 9.17) is 9.94 Å². The zero-order valence-electron chi connectivity index (χ0n) is 14.5. The number of carbonyl (C=O) groups excluding carboxylic acids is 1. The van der Waals surface area contributed by atoms with E-state index in [-0.39, 0.29) is 16.9 Å². The fourth-order valence-electron chi connectivity index (χ4n) is 2.39. The van der Waals surface area contributed by atoms with Crippen molar-refractivity contribution < 1.29 is 55.4 Å². The molecule has 1 unspecified atom stereocenters. The molecule has 0 bridgehead atoms. The summed E-state index contributed by atoms with van der Waals surface area (Å²) in [4.78, 5) is 16.4. The molecular weight excluding hydrogens is 418 g/mol. The van der Waals surface area contributed by atoms with E-state index in [1.807, 2.05) is 0 Å². The Labute approximate surface area is 158 Å². The zero-order chi connectivity index (χ0) is 22.0. The second kappa shape index (κ2) is 8.05. The lowest BCUT2D eigenvalue weighted by Crippen LogP contribution is -2.41. The van der Waals surface area contributed by atoms with Gasteiger partial charge >= 0.3 is 18.5 Å². The van der Waals surface area contributed by atoms with Crippen molar-refractivity contribution in [3.8, 4) is 11.5 Å². The maximum Gasteiger partial charge on any atom is 0.573 e. The topological polar surface area (TPSA) is 98.9 Å². The van der Waals surface area contributed by atoms with Crippen LogP contribution in [0.1, 0.15) is 18.1 Å². The van der Waals surface area contributed by atoms with Crippen molar-refractivity contribution in [2.45, 2.75) is 38.8 Å². The normalized spacial score (nSPS) is 17.8. The minimum Gasteiger partial charge on any atom is -0.475 e. The third-order valence-corrected chi connectivity index (χ3v) is 3.38. The van der Waals surface area contributed by atoms with Gasteiger partial charge in [-0.1, -0.05) is 0 Å². The predicted molar refractivity (Wildman–Crippen MR) is 79.6 cm³/mol. The number of benzene rings is 1. The fraction of sp³-hybridized carbons (Fsp3) is 0.400. The summed E-state index contributed by atoms with van der Waals surface area (Å²) in [6.45, 7) is 2.27. The molecule has 14 heteroatoms. The number of fused-ring (bicyclic) bond motifs is 1. The van der Waals surface area contributed by atoms with Crippen LogP contribution < -0.4 is 9.47 Å². The number of carbonyl (C=O) groups is 1. The van der Waals surface area contributed by atoms with E-state index in [0.717, 1.165) is 19.1 Å². The summed E-state index contributed by atoms with van der Waals surface area (Å²) >= 11 is 0. The molecule has 0 saturated heterocycles. The van der Waals surface area contributed by atoms with Crippen LogP contribution in [0.2, 0.25) is 0 Å². The minimum absolute atomic E-state index is 0.0836. The Morgan fingerprint density at radius 2 is 1.90 bits per heavy atom. The van der Waals surface area contributed by atoms with E-state index in [9.17, 15) is 31.1 Å². The Bertz CT molecular complexity index is 836. The minimum atomic E-state index is -5.05. The van der Waals surface area contributed by atoms with E-state index >= 15 is 0 Å². The van der Waals surface area contributed by atoms with Gasteiger partial charge in [0.2, 0.25) is 6.10 Å². The summed E-state index contributed by atoms with van der Waals surface area (Å²) in [5.41, 5.74) is -1.40. The van der Waals surface area contributed by atoms with Crippen LogP contribution in [-0.2, 0) is 14.4 Å². The van der Waals surface area contributed by atoms with Gasteiger partial charge in [-0.3, -0.25) is 0 Å². The Balaban J connectivity index is 2.44. The maximum atomic E-state index is 13.4. The first-order valence-electron chi connectivity index (χ1n) is 7.58. The quantitative estimate of drug-likeness (QED) is 0.246. The molecule has 2 rings (SSSR count). The van der Waals surface area contributed by atoms with Crippen molar-refractivity contribution in [3.05, 3.63) is 28.8 Å². The molecule has 1 aromatic rings. The third-order valence-electron chi connectivity index (χ3n) is 3.38. The first kappa shape index (κ1) is 22.1. The number of esters is 1. The highest BCUT2D eigenvalue weighted by Gasteiger charge is 2.49. The highest BCUT2D eigenvalue weighted by Crippen LogP contribution is 2.41. The molecular formula is C15H12F6N2O6. The summed E-state index contributed by atoms with van der Waals surface area (Å²) in [7, 11) is 0. The highest BCUT2D eigenvalue weighted by atomic mass is 19.4. The summed E-state index contributed by atoms with van der Waals surface area (Å²) in [5, 5.41) is 13.0. The average molecular weight is 430 g/mol. The summed E-state index contributed by atoms with van der Waals surface area (Å²) in [6, 6.07) is 1.60. The van der Waals surface area contributed by atoms with Crippen molar-refractivity contribution in [1.82, 2.24) is 0 Å². The van der Waals surface area contributed by atoms with E-state index in [1.165, 1.54) is 6.92 Å². The second-order valence-corrected chi connectivity index (χ2v) is 5.59. The van der Waals surface area contributed by atoms with Gasteiger partial charge in [0.15, 0.2) is 0 Å². The molecule has 0 fully saturated rings. The van der Waals surface area contributed by atoms with Crippen molar-refractivity contribution in [2.24, 2.45) is 10.6 Å². The van der Waals surface area contributed by atoms with Crippen LogP contribution in [0.15, 0.2) is 28.3 Å². The van der Waals surface area contributed by atoms with Crippen molar-refractivity contribution in [2.75, 3.05) is 0 Å². The molecule has 8 nitrogen and oxygen atoms in total. The summed E-state index contributed by atoms with van der Waals surface area (Å²) in [6.07, 6.45) is -13.7. The molecule has 0 saturated carbocycles. The first-order chi connectivity index (χ1) is 13.3. The monoisotopic (exact) mass is 430 g/mol. The van der Waals surface area contributed by atoms with E-state index < -0.39 is 42.2 Å². The van der Waals surface area contributed by atoms with Crippen LogP contribution in [0.3, 0.4) is 0 Å². The summed E-state index contributed by atoms with van der Waals surface area (Å²) in [5.74, 6) is -2.64. The molecule has 160 valence electrons. The summed E-state index contributed by atoms with van der Waals surface area (Å²) < 4.78 is 90.6. The van der Waals surface area contributed by atoms with Crippen molar-refractivity contribution in [3.63, 3.8) is 0 Å². The average Bonchev–Trinajstić information content (AvgIpc) is 2.56. The highest BCUT2D eigenvalue weighted by molar-refractivity contribution is 5.96. The lowest BCUT2D eigenvalue weighted by molar-refractivity contribution is -0.274. The molecule has 0 amide bonds. The Morgan fingerprint density at radius 3 is 2.45 bits per heavy atom. The van der Waals surface area contributed by atoms with Gasteiger partial charge in [-0.05, 0) is 30.7 Å². The number of nitrogens with zero attached hydrogens (tertiary/aromatic N) is 2. The van der Waals surface area contributed by atoms with Crippen molar-refractivity contribution in [1.29, 1.82) is 0 Å². The van der Waals surface area contributed by atoms with Crippen LogP contribution >= 0.6 is 0 Å². The molecule has 0 aliphatic carbocycles. The smallest absolute Gasteiger partial charge is 0.475 e. The zero-order valence-corrected chi connectivity index (χ0v) is 14.5. The van der Waals surface area contributed by atoms with Gasteiger partial charge in [-0.2, -0.15) is 13.2 Å². The number of ether oxygens (including phenoxy) is 3. The number of alkyl halides is 6. The van der Waals surface area contributed by atoms with E-state index in [0.29, 0.717) is 6.08 Å². The number of halogens is 6. The van der Waals surface area contributed by atoms with Crippen LogP contribution in [0.25, 0.3) is 6.08 Å². The van der Waals surface area contributed by atoms with Gasteiger partial charge in [-0.25, -0.2) is 4.79 Å². The Morgan fingerprint density at radius 1 is 1.24 bits per heavy atom. The van der Waals surface area contributed by atoms with Gasteiger partial charge in [0.05, 0.1) is 16.1 Å². The van der Waals surface area contributed by atoms with Crippen LogP contribution in [0.4, 0.5) is 26.3 Å². The molecule has 1 aromatic carbocycles. The van der Waals surface area contributed by atoms with Gasteiger partial charge < -0.3 is 24.3 Å². The maximum absolute atomic E-state index is 13.4. The SMILES string of the molecule is Cc1cc(OC(F)(F)F)cc2c1O[C@H](C(F)(F)F)C(C(=O)OC(C)O/N=N\O)=C2. The number of aryl methyl sites for hydroxylation is 1. The number of hydrogen-bond acceptors (Lipinski definition) is 7. The van der Waals surface area contributed by atoms with E-state index in [1.54, 1.807) is 0 Å². The molecule has 1 N–H and O–H groups in total. The fourth-order valence-corrected chi connectivity index (χ4v) is 2.39. The molecule has 1 aliphatic rings. The molecule has 0 aromatic heterocycles. The number of hydrogen-bond donors (Lipinski definition) is 1. The molecule has 1 aliphatic heterocycles. The predicted octanol–water partition coefficient (Wildman–Crippen LogP) is 4.26. The first-order valence-corrected chi connectivity index (χ1v) is 7.58. The van der Waals surface area contributed by atoms with Crippen LogP contribution in [-0.4, -0.2) is 36.1 Å². The molecule has 2 atom stereocenters. The second-order valence-electron chi connectivity index (χ2n) is 5.59. The number of rotatable bonds is 5. The lowest BCUT2D eigenvalue weighted by Gasteiger charge is -2.29. The molecule has 1 heterocycles.